The van der Waals surface area contributed by atoms with E-state index in [1.807, 2.05) is 19.9 Å². The minimum absolute atomic E-state index is 0.137. The minimum atomic E-state index is -0.290. The number of hydrogen-bond donors (Lipinski definition) is 1. The number of nitrogens with one attached hydrogen (secondary N) is 1. The van der Waals surface area contributed by atoms with Crippen molar-refractivity contribution in [3.63, 3.8) is 0 Å². The van der Waals surface area contributed by atoms with E-state index in [1.54, 1.807) is 10.7 Å². The van der Waals surface area contributed by atoms with Crippen molar-refractivity contribution in [2.24, 2.45) is 0 Å². The largest absolute Gasteiger partial charge is 0.382 e. The number of aromatic nitrogens is 4. The molecule has 7 nitrogen and oxygen atoms in total. The first-order chi connectivity index (χ1) is 9.22. The fourth-order valence-electron chi connectivity index (χ4n) is 1.60. The molecule has 2 aromatic heterocycles. The lowest BCUT2D eigenvalue weighted by Crippen LogP contribution is -2.26. The van der Waals surface area contributed by atoms with Crippen molar-refractivity contribution in [3.05, 3.63) is 23.8 Å². The monoisotopic (exact) mass is 263 g/mol. The van der Waals surface area contributed by atoms with Gasteiger partial charge in [-0.3, -0.25) is 4.79 Å². The zero-order chi connectivity index (χ0) is 13.7. The van der Waals surface area contributed by atoms with Crippen LogP contribution in [-0.4, -0.2) is 45.2 Å². The molecule has 0 aromatic carbocycles. The zero-order valence-electron chi connectivity index (χ0n) is 11.1. The summed E-state index contributed by atoms with van der Waals surface area (Å²) in [5.74, 6) is 0.277. The fraction of sp³-hybridized carbons (Fsp3) is 0.500. The molecule has 0 saturated carbocycles. The van der Waals surface area contributed by atoms with Crippen LogP contribution in [0.1, 0.15) is 29.7 Å². The van der Waals surface area contributed by atoms with Gasteiger partial charge in [-0.15, -0.1) is 5.10 Å². The van der Waals surface area contributed by atoms with Crippen LogP contribution < -0.4 is 5.32 Å². The molecule has 0 unspecified atom stereocenters. The van der Waals surface area contributed by atoms with Gasteiger partial charge in [0.1, 0.15) is 0 Å². The molecule has 0 bridgehead atoms. The molecular weight excluding hydrogens is 246 g/mol. The molecule has 2 heterocycles. The van der Waals surface area contributed by atoms with E-state index in [4.69, 9.17) is 4.74 Å². The zero-order valence-corrected chi connectivity index (χ0v) is 11.1. The lowest BCUT2D eigenvalue weighted by Gasteiger charge is -2.02. The van der Waals surface area contributed by atoms with Gasteiger partial charge in [-0.2, -0.15) is 4.98 Å². The number of nitrogens with zero attached hydrogens (tertiary/aromatic N) is 4. The molecule has 7 heteroatoms. The lowest BCUT2D eigenvalue weighted by atomic mass is 10.4. The molecular formula is C12H17N5O2. The van der Waals surface area contributed by atoms with E-state index in [0.29, 0.717) is 25.5 Å². The highest BCUT2D eigenvalue weighted by atomic mass is 16.5. The van der Waals surface area contributed by atoms with E-state index in [9.17, 15) is 4.79 Å². The van der Waals surface area contributed by atoms with Gasteiger partial charge in [0.2, 0.25) is 5.82 Å². The Kier molecular flexibility index (Phi) is 4.40. The number of hydrogen-bond acceptors (Lipinski definition) is 5. The fourth-order valence-corrected chi connectivity index (χ4v) is 1.60. The maximum Gasteiger partial charge on any atom is 0.291 e. The summed E-state index contributed by atoms with van der Waals surface area (Å²) in [5.41, 5.74) is 0.882. The molecule has 0 fully saturated rings. The Morgan fingerprint density at radius 3 is 3.11 bits per heavy atom. The molecule has 1 N–H and O–H groups in total. The Labute approximate surface area is 111 Å². The van der Waals surface area contributed by atoms with Crippen molar-refractivity contribution < 1.29 is 9.53 Å². The Morgan fingerprint density at radius 1 is 1.53 bits per heavy atom. The molecule has 0 aliphatic rings. The van der Waals surface area contributed by atoms with E-state index in [0.717, 1.165) is 12.1 Å². The van der Waals surface area contributed by atoms with Gasteiger partial charge >= 0.3 is 0 Å². The van der Waals surface area contributed by atoms with Gasteiger partial charge in [-0.1, -0.05) is 0 Å². The van der Waals surface area contributed by atoms with Crippen molar-refractivity contribution in [1.82, 2.24) is 24.9 Å². The van der Waals surface area contributed by atoms with Gasteiger partial charge < -0.3 is 10.1 Å². The van der Waals surface area contributed by atoms with Crippen molar-refractivity contribution >= 4 is 11.7 Å². The number of carbonyl (C=O) groups excluding carboxylic acids is 1. The summed E-state index contributed by atoms with van der Waals surface area (Å²) in [5, 5.41) is 6.88. The van der Waals surface area contributed by atoms with E-state index in [1.165, 1.54) is 0 Å². The predicted molar refractivity (Wildman–Crippen MR) is 69.0 cm³/mol. The van der Waals surface area contributed by atoms with Crippen molar-refractivity contribution in [3.8, 4) is 0 Å². The smallest absolute Gasteiger partial charge is 0.291 e. The summed E-state index contributed by atoms with van der Waals surface area (Å²) < 4.78 is 6.74. The summed E-state index contributed by atoms with van der Waals surface area (Å²) in [4.78, 5) is 20.0. The van der Waals surface area contributed by atoms with Gasteiger partial charge in [0.25, 0.3) is 11.7 Å². The van der Waals surface area contributed by atoms with E-state index >= 15 is 0 Å². The van der Waals surface area contributed by atoms with Crippen LogP contribution in [0.15, 0.2) is 12.3 Å². The molecule has 0 aliphatic carbocycles. The van der Waals surface area contributed by atoms with Crippen LogP contribution in [0, 0.1) is 6.92 Å². The topological polar surface area (TPSA) is 81.4 Å². The number of rotatable bonds is 6. The van der Waals surface area contributed by atoms with Crippen LogP contribution in [0.25, 0.3) is 5.78 Å². The lowest BCUT2D eigenvalue weighted by molar-refractivity contribution is 0.0934. The van der Waals surface area contributed by atoms with E-state index < -0.39 is 0 Å². The van der Waals surface area contributed by atoms with E-state index in [-0.39, 0.29) is 11.7 Å². The first-order valence-corrected chi connectivity index (χ1v) is 6.26. The summed E-state index contributed by atoms with van der Waals surface area (Å²) in [6, 6.07) is 1.81. The number of carbonyl (C=O) groups is 1. The summed E-state index contributed by atoms with van der Waals surface area (Å²) >= 11 is 0. The predicted octanol–water partition coefficient (Wildman–Crippen LogP) is 0.589. The standard InChI is InChI=1S/C12H17N5O2/c1-3-19-8-4-6-13-11(18)10-15-12-14-7-5-9(2)17(12)16-10/h5,7H,3-4,6,8H2,1-2H3,(H,13,18). The van der Waals surface area contributed by atoms with Gasteiger partial charge in [0, 0.05) is 31.6 Å². The first kappa shape index (κ1) is 13.4. The third-order valence-electron chi connectivity index (χ3n) is 2.59. The Morgan fingerprint density at radius 2 is 2.37 bits per heavy atom. The number of fused-ring (bicyclic) bond motifs is 1. The van der Waals surface area contributed by atoms with Gasteiger partial charge in [-0.25, -0.2) is 9.50 Å². The molecule has 0 radical (unpaired) electrons. The van der Waals surface area contributed by atoms with Crippen LogP contribution >= 0.6 is 0 Å². The first-order valence-electron chi connectivity index (χ1n) is 6.26. The maximum atomic E-state index is 11.8. The van der Waals surface area contributed by atoms with Crippen molar-refractivity contribution in [1.29, 1.82) is 0 Å². The molecule has 102 valence electrons. The van der Waals surface area contributed by atoms with Crippen molar-refractivity contribution in [2.45, 2.75) is 20.3 Å². The molecule has 2 rings (SSSR count). The van der Waals surface area contributed by atoms with Crippen LogP contribution in [0.4, 0.5) is 0 Å². The average molecular weight is 263 g/mol. The quantitative estimate of drug-likeness (QED) is 0.771. The Hall–Kier alpha value is -2.02. The number of ether oxygens (including phenoxy) is 1. The summed E-state index contributed by atoms with van der Waals surface area (Å²) in [7, 11) is 0. The summed E-state index contributed by atoms with van der Waals surface area (Å²) in [6.45, 7) is 5.69. The highest BCUT2D eigenvalue weighted by molar-refractivity contribution is 5.90. The molecule has 2 aromatic rings. The molecule has 0 spiro atoms. The van der Waals surface area contributed by atoms with Gasteiger partial charge in [0.05, 0.1) is 0 Å². The highest BCUT2D eigenvalue weighted by Crippen LogP contribution is 2.01. The van der Waals surface area contributed by atoms with Gasteiger partial charge in [0.15, 0.2) is 0 Å². The normalized spacial score (nSPS) is 10.8. The average Bonchev–Trinajstić information content (AvgIpc) is 2.84. The van der Waals surface area contributed by atoms with Crippen molar-refractivity contribution in [2.75, 3.05) is 19.8 Å². The van der Waals surface area contributed by atoms with Crippen LogP contribution in [0.3, 0.4) is 0 Å². The van der Waals surface area contributed by atoms with Gasteiger partial charge in [-0.05, 0) is 26.3 Å². The van der Waals surface area contributed by atoms with E-state index in [2.05, 4.69) is 20.4 Å². The van der Waals surface area contributed by atoms with Crippen LogP contribution in [0.5, 0.6) is 0 Å². The molecule has 0 atom stereocenters. The highest BCUT2D eigenvalue weighted by Gasteiger charge is 2.13. The summed E-state index contributed by atoms with van der Waals surface area (Å²) in [6.07, 6.45) is 2.41. The van der Waals surface area contributed by atoms with Crippen LogP contribution in [0.2, 0.25) is 0 Å². The second-order valence-electron chi connectivity index (χ2n) is 4.04. The van der Waals surface area contributed by atoms with Crippen LogP contribution in [-0.2, 0) is 4.74 Å². The number of amides is 1. The maximum absolute atomic E-state index is 11.8. The second kappa shape index (κ2) is 6.24. The third-order valence-corrected chi connectivity index (χ3v) is 2.59. The molecule has 0 aliphatic heterocycles. The molecule has 0 saturated heterocycles. The minimum Gasteiger partial charge on any atom is -0.382 e. The third kappa shape index (κ3) is 3.25. The Balaban J connectivity index is 1.96. The molecule has 19 heavy (non-hydrogen) atoms. The SMILES string of the molecule is CCOCCCNC(=O)c1nc2nccc(C)n2n1. The number of aryl methyl sites for hydroxylation is 1. The Bertz CT molecular complexity index is 566. The molecule has 1 amide bonds. The second-order valence-corrected chi connectivity index (χ2v) is 4.04.